The second-order valence-corrected chi connectivity index (χ2v) is 6.03. The maximum Gasteiger partial charge on any atom is 0.231 e. The molecule has 5 heteroatoms. The molecule has 1 heterocycles. The number of ether oxygens (including phenoxy) is 2. The van der Waals surface area contributed by atoms with Crippen LogP contribution in [0, 0.1) is 5.92 Å². The first-order valence-electron chi connectivity index (χ1n) is 6.92. The van der Waals surface area contributed by atoms with Crippen molar-refractivity contribution in [3.8, 4) is 17.2 Å². The van der Waals surface area contributed by atoms with Crippen LogP contribution in [0.1, 0.15) is 32.8 Å². The summed E-state index contributed by atoms with van der Waals surface area (Å²) in [5, 5.41) is 23.3. The fraction of sp³-hybridized carbons (Fsp3) is 0.600. The van der Waals surface area contributed by atoms with E-state index in [1.165, 1.54) is 0 Å². The molecular weight excluding hydrogens is 258 g/mol. The minimum Gasteiger partial charge on any atom is -0.507 e. The number of nitrogens with one attached hydrogen (secondary N) is 1. The second-order valence-electron chi connectivity index (χ2n) is 6.03. The van der Waals surface area contributed by atoms with E-state index in [0.717, 1.165) is 12.0 Å². The minimum absolute atomic E-state index is 0.172. The van der Waals surface area contributed by atoms with Crippen molar-refractivity contribution in [2.24, 2.45) is 5.92 Å². The summed E-state index contributed by atoms with van der Waals surface area (Å²) in [6, 6.07) is 3.33. The first-order valence-corrected chi connectivity index (χ1v) is 6.92. The monoisotopic (exact) mass is 281 g/mol. The van der Waals surface area contributed by atoms with E-state index >= 15 is 0 Å². The topological polar surface area (TPSA) is 71.0 Å². The third-order valence-corrected chi connectivity index (χ3v) is 3.24. The number of phenols is 1. The van der Waals surface area contributed by atoms with E-state index < -0.39 is 5.60 Å². The van der Waals surface area contributed by atoms with Crippen LogP contribution in [0.15, 0.2) is 12.1 Å². The smallest absolute Gasteiger partial charge is 0.231 e. The molecule has 0 radical (unpaired) electrons. The molecule has 0 saturated carbocycles. The van der Waals surface area contributed by atoms with Crippen molar-refractivity contribution in [1.29, 1.82) is 0 Å². The molecule has 20 heavy (non-hydrogen) atoms. The Morgan fingerprint density at radius 1 is 1.30 bits per heavy atom. The summed E-state index contributed by atoms with van der Waals surface area (Å²) in [6.45, 7) is 7.11. The average Bonchev–Trinajstić information content (AvgIpc) is 2.74. The van der Waals surface area contributed by atoms with Crippen LogP contribution in [0.25, 0.3) is 0 Å². The van der Waals surface area contributed by atoms with Gasteiger partial charge in [-0.15, -0.1) is 0 Å². The first-order chi connectivity index (χ1) is 9.37. The van der Waals surface area contributed by atoms with Gasteiger partial charge >= 0.3 is 0 Å². The highest BCUT2D eigenvalue weighted by Crippen LogP contribution is 2.37. The first kappa shape index (κ1) is 14.9. The van der Waals surface area contributed by atoms with Gasteiger partial charge in [0.2, 0.25) is 6.79 Å². The summed E-state index contributed by atoms with van der Waals surface area (Å²) in [5.41, 5.74) is -0.0188. The number of phenolic OH excluding ortho intramolecular Hbond substituents is 1. The van der Waals surface area contributed by atoms with Gasteiger partial charge < -0.3 is 25.0 Å². The fourth-order valence-corrected chi connectivity index (χ4v) is 2.53. The van der Waals surface area contributed by atoms with Gasteiger partial charge in [-0.2, -0.15) is 0 Å². The van der Waals surface area contributed by atoms with Crippen LogP contribution in [0.3, 0.4) is 0 Å². The van der Waals surface area contributed by atoms with Crippen molar-refractivity contribution >= 4 is 0 Å². The number of hydrogen-bond acceptors (Lipinski definition) is 5. The summed E-state index contributed by atoms with van der Waals surface area (Å²) in [7, 11) is 0. The number of hydrogen-bond donors (Lipinski definition) is 3. The predicted molar refractivity (Wildman–Crippen MR) is 76.0 cm³/mol. The molecule has 3 N–H and O–H groups in total. The lowest BCUT2D eigenvalue weighted by Gasteiger charge is -2.25. The third kappa shape index (κ3) is 3.77. The second kappa shape index (κ2) is 5.89. The highest BCUT2D eigenvalue weighted by molar-refractivity contribution is 5.51. The van der Waals surface area contributed by atoms with E-state index in [1.807, 2.05) is 6.92 Å². The van der Waals surface area contributed by atoms with Crippen molar-refractivity contribution in [3.05, 3.63) is 17.7 Å². The van der Waals surface area contributed by atoms with Crippen LogP contribution in [0.2, 0.25) is 0 Å². The maximum absolute atomic E-state index is 10.2. The molecule has 1 aliphatic rings. The lowest BCUT2D eigenvalue weighted by Crippen LogP contribution is -2.38. The SMILES string of the molecule is CC(C)CC(C)(O)CNCc1cc2c(cc1O)OCO2. The summed E-state index contributed by atoms with van der Waals surface area (Å²) < 4.78 is 10.5. The quantitative estimate of drug-likeness (QED) is 0.744. The van der Waals surface area contributed by atoms with Crippen molar-refractivity contribution < 1.29 is 19.7 Å². The Labute approximate surface area is 119 Å². The van der Waals surface area contributed by atoms with E-state index in [2.05, 4.69) is 19.2 Å². The van der Waals surface area contributed by atoms with Gasteiger partial charge in [-0.25, -0.2) is 0 Å². The Kier molecular flexibility index (Phi) is 4.40. The Hall–Kier alpha value is -1.46. The molecule has 1 aromatic rings. The van der Waals surface area contributed by atoms with Gasteiger partial charge in [-0.05, 0) is 25.3 Å². The lowest BCUT2D eigenvalue weighted by atomic mass is 9.94. The van der Waals surface area contributed by atoms with Crippen molar-refractivity contribution in [2.45, 2.75) is 39.3 Å². The molecule has 1 aliphatic heterocycles. The van der Waals surface area contributed by atoms with E-state index in [0.29, 0.717) is 30.5 Å². The molecule has 1 atom stereocenters. The zero-order chi connectivity index (χ0) is 14.8. The molecule has 1 aromatic carbocycles. The largest absolute Gasteiger partial charge is 0.507 e. The maximum atomic E-state index is 10.2. The molecular formula is C15H23NO4. The molecule has 0 fully saturated rings. The summed E-state index contributed by atoms with van der Waals surface area (Å²) in [5.74, 6) is 1.82. The minimum atomic E-state index is -0.750. The van der Waals surface area contributed by atoms with Gasteiger partial charge in [0.05, 0.1) is 5.60 Å². The van der Waals surface area contributed by atoms with Crippen LogP contribution < -0.4 is 14.8 Å². The van der Waals surface area contributed by atoms with Crippen LogP contribution in [0.5, 0.6) is 17.2 Å². The predicted octanol–water partition coefficient (Wildman–Crippen LogP) is 2.01. The third-order valence-electron chi connectivity index (χ3n) is 3.24. The Morgan fingerprint density at radius 2 is 1.95 bits per heavy atom. The van der Waals surface area contributed by atoms with Gasteiger partial charge in [-0.1, -0.05) is 13.8 Å². The Morgan fingerprint density at radius 3 is 2.60 bits per heavy atom. The van der Waals surface area contributed by atoms with E-state index in [4.69, 9.17) is 9.47 Å². The number of benzene rings is 1. The molecule has 0 bridgehead atoms. The summed E-state index contributed by atoms with van der Waals surface area (Å²) in [4.78, 5) is 0. The zero-order valence-corrected chi connectivity index (χ0v) is 12.3. The van der Waals surface area contributed by atoms with Crippen molar-refractivity contribution in [1.82, 2.24) is 5.32 Å². The normalized spacial score (nSPS) is 16.4. The summed E-state index contributed by atoms with van der Waals surface area (Å²) in [6.07, 6.45) is 0.729. The zero-order valence-electron chi connectivity index (χ0n) is 12.3. The van der Waals surface area contributed by atoms with Crippen LogP contribution >= 0.6 is 0 Å². The van der Waals surface area contributed by atoms with Gasteiger partial charge in [0.15, 0.2) is 11.5 Å². The van der Waals surface area contributed by atoms with E-state index in [-0.39, 0.29) is 12.5 Å². The van der Waals surface area contributed by atoms with Crippen LogP contribution in [-0.4, -0.2) is 29.2 Å². The standard InChI is InChI=1S/C15H23NO4/c1-10(2)6-15(3,18)8-16-7-11-4-13-14(5-12(11)17)20-9-19-13/h4-5,10,16-18H,6-9H2,1-3H3. The lowest BCUT2D eigenvalue weighted by molar-refractivity contribution is 0.0383. The molecule has 112 valence electrons. The molecule has 0 saturated heterocycles. The Bertz CT molecular complexity index is 471. The van der Waals surface area contributed by atoms with Crippen molar-refractivity contribution in [3.63, 3.8) is 0 Å². The van der Waals surface area contributed by atoms with Crippen LogP contribution in [0.4, 0.5) is 0 Å². The van der Waals surface area contributed by atoms with Gasteiger partial charge in [0, 0.05) is 24.7 Å². The number of rotatable bonds is 6. The molecule has 0 aromatic heterocycles. The number of aromatic hydroxyl groups is 1. The molecule has 0 aliphatic carbocycles. The molecule has 0 amide bonds. The van der Waals surface area contributed by atoms with Crippen molar-refractivity contribution in [2.75, 3.05) is 13.3 Å². The van der Waals surface area contributed by atoms with E-state index in [9.17, 15) is 10.2 Å². The molecule has 2 rings (SSSR count). The van der Waals surface area contributed by atoms with Crippen LogP contribution in [-0.2, 0) is 6.54 Å². The summed E-state index contributed by atoms with van der Waals surface area (Å²) >= 11 is 0. The highest BCUT2D eigenvalue weighted by atomic mass is 16.7. The van der Waals surface area contributed by atoms with Gasteiger partial charge in [0.25, 0.3) is 0 Å². The molecule has 0 spiro atoms. The average molecular weight is 281 g/mol. The number of aliphatic hydroxyl groups is 1. The van der Waals surface area contributed by atoms with Gasteiger partial charge in [0.1, 0.15) is 5.75 Å². The highest BCUT2D eigenvalue weighted by Gasteiger charge is 2.22. The van der Waals surface area contributed by atoms with E-state index in [1.54, 1.807) is 12.1 Å². The molecule has 1 unspecified atom stereocenters. The van der Waals surface area contributed by atoms with Gasteiger partial charge in [-0.3, -0.25) is 0 Å². The molecule has 5 nitrogen and oxygen atoms in total. The number of fused-ring (bicyclic) bond motifs is 1. The Balaban J connectivity index is 1.91. The fourth-order valence-electron chi connectivity index (χ4n) is 2.53.